The molecule has 2 aromatic carbocycles. The SMILES string of the molecule is CCCn1nc(NC(=O)c2cccc(OC)c2)c2cc3ccccc3nc21. The number of aryl methyl sites for hydroxylation is 1. The minimum atomic E-state index is -0.231. The van der Waals surface area contributed by atoms with Crippen LogP contribution in [-0.2, 0) is 6.54 Å². The Kier molecular flexibility index (Phi) is 4.46. The number of ether oxygens (including phenoxy) is 1. The van der Waals surface area contributed by atoms with Gasteiger partial charge in [0.05, 0.1) is 18.0 Å². The smallest absolute Gasteiger partial charge is 0.257 e. The Bertz CT molecular complexity index is 1130. The Morgan fingerprint density at radius 1 is 1.15 bits per heavy atom. The van der Waals surface area contributed by atoms with Crippen molar-refractivity contribution in [3.8, 4) is 5.75 Å². The number of anilines is 1. The molecule has 1 amide bonds. The lowest BCUT2D eigenvalue weighted by molar-refractivity contribution is 0.102. The first-order valence-corrected chi connectivity index (χ1v) is 8.91. The molecule has 0 saturated heterocycles. The van der Waals surface area contributed by atoms with Gasteiger partial charge >= 0.3 is 0 Å². The number of hydrogen-bond donors (Lipinski definition) is 1. The van der Waals surface area contributed by atoms with Gasteiger partial charge in [0.1, 0.15) is 5.75 Å². The minimum absolute atomic E-state index is 0.231. The quantitative estimate of drug-likeness (QED) is 0.577. The summed E-state index contributed by atoms with van der Waals surface area (Å²) in [6, 6.07) is 17.0. The topological polar surface area (TPSA) is 69.0 Å². The number of carbonyl (C=O) groups is 1. The molecule has 6 nitrogen and oxygen atoms in total. The molecule has 136 valence electrons. The summed E-state index contributed by atoms with van der Waals surface area (Å²) in [5, 5.41) is 9.37. The Morgan fingerprint density at radius 2 is 2.00 bits per heavy atom. The second kappa shape index (κ2) is 7.07. The van der Waals surface area contributed by atoms with Crippen LogP contribution >= 0.6 is 0 Å². The van der Waals surface area contributed by atoms with Gasteiger partial charge in [-0.2, -0.15) is 5.10 Å². The Balaban J connectivity index is 1.78. The summed E-state index contributed by atoms with van der Waals surface area (Å²) in [6.07, 6.45) is 0.925. The number of benzene rings is 2. The molecule has 0 bridgehead atoms. The number of amides is 1. The number of carbonyl (C=O) groups excluding carboxylic acids is 1. The lowest BCUT2D eigenvalue weighted by Gasteiger charge is -2.05. The highest BCUT2D eigenvalue weighted by Gasteiger charge is 2.16. The molecule has 0 spiro atoms. The molecule has 0 aliphatic rings. The van der Waals surface area contributed by atoms with E-state index in [0.717, 1.165) is 34.9 Å². The van der Waals surface area contributed by atoms with E-state index in [1.165, 1.54) is 0 Å². The van der Waals surface area contributed by atoms with E-state index in [2.05, 4.69) is 17.3 Å². The van der Waals surface area contributed by atoms with Crippen molar-refractivity contribution in [1.82, 2.24) is 14.8 Å². The maximum absolute atomic E-state index is 12.7. The molecule has 0 aliphatic heterocycles. The van der Waals surface area contributed by atoms with Gasteiger partial charge in [-0.05, 0) is 36.8 Å². The largest absolute Gasteiger partial charge is 0.497 e. The lowest BCUT2D eigenvalue weighted by Crippen LogP contribution is -2.13. The highest BCUT2D eigenvalue weighted by Crippen LogP contribution is 2.26. The Morgan fingerprint density at radius 3 is 2.81 bits per heavy atom. The fourth-order valence-corrected chi connectivity index (χ4v) is 3.10. The molecule has 2 aromatic heterocycles. The zero-order chi connectivity index (χ0) is 18.8. The number of para-hydroxylation sites is 1. The summed E-state index contributed by atoms with van der Waals surface area (Å²) in [6.45, 7) is 2.82. The molecular formula is C21H20N4O2. The number of fused-ring (bicyclic) bond motifs is 2. The van der Waals surface area contributed by atoms with Crippen molar-refractivity contribution >= 4 is 33.7 Å². The van der Waals surface area contributed by atoms with E-state index in [4.69, 9.17) is 9.72 Å². The van der Waals surface area contributed by atoms with Crippen LogP contribution in [0.1, 0.15) is 23.7 Å². The van der Waals surface area contributed by atoms with Gasteiger partial charge in [-0.3, -0.25) is 4.79 Å². The summed E-state index contributed by atoms with van der Waals surface area (Å²) in [5.41, 5.74) is 2.20. The van der Waals surface area contributed by atoms with Crippen LogP contribution < -0.4 is 10.1 Å². The molecule has 0 unspecified atom stereocenters. The third kappa shape index (κ3) is 3.21. The number of hydrogen-bond acceptors (Lipinski definition) is 4. The number of rotatable bonds is 5. The molecule has 4 aromatic rings. The number of aromatic nitrogens is 3. The van der Waals surface area contributed by atoms with E-state index < -0.39 is 0 Å². The molecule has 6 heteroatoms. The van der Waals surface area contributed by atoms with Crippen LogP contribution in [0.2, 0.25) is 0 Å². The predicted molar refractivity (Wildman–Crippen MR) is 106 cm³/mol. The first-order valence-electron chi connectivity index (χ1n) is 8.91. The third-order valence-electron chi connectivity index (χ3n) is 4.42. The molecule has 0 saturated carbocycles. The molecule has 0 atom stereocenters. The van der Waals surface area contributed by atoms with Crippen molar-refractivity contribution in [3.63, 3.8) is 0 Å². The van der Waals surface area contributed by atoms with Crippen molar-refractivity contribution in [1.29, 1.82) is 0 Å². The maximum Gasteiger partial charge on any atom is 0.257 e. The summed E-state index contributed by atoms with van der Waals surface area (Å²) in [4.78, 5) is 17.5. The Hall–Kier alpha value is -3.41. The van der Waals surface area contributed by atoms with Gasteiger partial charge in [-0.1, -0.05) is 31.2 Å². The average Bonchev–Trinajstić information content (AvgIpc) is 3.03. The minimum Gasteiger partial charge on any atom is -0.497 e. The van der Waals surface area contributed by atoms with Crippen molar-refractivity contribution in [2.24, 2.45) is 0 Å². The molecule has 0 radical (unpaired) electrons. The van der Waals surface area contributed by atoms with Crippen LogP contribution in [0.15, 0.2) is 54.6 Å². The molecule has 4 rings (SSSR count). The summed E-state index contributed by atoms with van der Waals surface area (Å²) >= 11 is 0. The van der Waals surface area contributed by atoms with E-state index in [1.807, 2.05) is 35.0 Å². The highest BCUT2D eigenvalue weighted by atomic mass is 16.5. The second-order valence-electron chi connectivity index (χ2n) is 6.31. The molecule has 27 heavy (non-hydrogen) atoms. The first kappa shape index (κ1) is 17.0. The molecule has 0 fully saturated rings. The number of nitrogens with zero attached hydrogens (tertiary/aromatic N) is 3. The van der Waals surface area contributed by atoms with Crippen LogP contribution in [0, 0.1) is 0 Å². The van der Waals surface area contributed by atoms with Gasteiger partial charge in [0, 0.05) is 17.5 Å². The number of pyridine rings is 1. The third-order valence-corrected chi connectivity index (χ3v) is 4.42. The fraction of sp³-hybridized carbons (Fsp3) is 0.190. The highest BCUT2D eigenvalue weighted by molar-refractivity contribution is 6.09. The first-order chi connectivity index (χ1) is 13.2. The van der Waals surface area contributed by atoms with Crippen molar-refractivity contribution in [2.45, 2.75) is 19.9 Å². The Labute approximate surface area is 156 Å². The van der Waals surface area contributed by atoms with Crippen molar-refractivity contribution in [2.75, 3.05) is 12.4 Å². The van der Waals surface area contributed by atoms with Crippen molar-refractivity contribution in [3.05, 3.63) is 60.2 Å². The van der Waals surface area contributed by atoms with Gasteiger partial charge < -0.3 is 10.1 Å². The average molecular weight is 360 g/mol. The van der Waals surface area contributed by atoms with E-state index >= 15 is 0 Å². The zero-order valence-corrected chi connectivity index (χ0v) is 15.3. The monoisotopic (exact) mass is 360 g/mol. The zero-order valence-electron chi connectivity index (χ0n) is 15.3. The van der Waals surface area contributed by atoms with Crippen LogP contribution in [-0.4, -0.2) is 27.8 Å². The van der Waals surface area contributed by atoms with Gasteiger partial charge in [0.2, 0.25) is 0 Å². The number of nitrogens with one attached hydrogen (secondary N) is 1. The molecular weight excluding hydrogens is 340 g/mol. The maximum atomic E-state index is 12.7. The van der Waals surface area contributed by atoms with E-state index in [1.54, 1.807) is 31.4 Å². The predicted octanol–water partition coefficient (Wildman–Crippen LogP) is 4.26. The summed E-state index contributed by atoms with van der Waals surface area (Å²) in [5.74, 6) is 0.923. The van der Waals surface area contributed by atoms with Gasteiger partial charge in [0.15, 0.2) is 11.5 Å². The van der Waals surface area contributed by atoms with Gasteiger partial charge in [-0.15, -0.1) is 0 Å². The summed E-state index contributed by atoms with van der Waals surface area (Å²) < 4.78 is 7.05. The van der Waals surface area contributed by atoms with Crippen molar-refractivity contribution < 1.29 is 9.53 Å². The standard InChI is InChI=1S/C21H20N4O2/c1-3-11-25-20-17(13-14-7-4-5-10-18(14)22-20)19(24-25)23-21(26)15-8-6-9-16(12-15)27-2/h4-10,12-13H,3,11H2,1-2H3,(H,23,24,26). The van der Waals surface area contributed by atoms with E-state index in [-0.39, 0.29) is 5.91 Å². The molecule has 2 heterocycles. The normalized spacial score (nSPS) is 11.0. The van der Waals surface area contributed by atoms with Crippen LogP contribution in [0.3, 0.4) is 0 Å². The lowest BCUT2D eigenvalue weighted by atomic mass is 10.1. The number of methoxy groups -OCH3 is 1. The molecule has 1 N–H and O–H groups in total. The van der Waals surface area contributed by atoms with E-state index in [9.17, 15) is 4.79 Å². The van der Waals surface area contributed by atoms with Gasteiger partial charge in [0.25, 0.3) is 5.91 Å². The second-order valence-corrected chi connectivity index (χ2v) is 6.31. The van der Waals surface area contributed by atoms with Crippen LogP contribution in [0.4, 0.5) is 5.82 Å². The van der Waals surface area contributed by atoms with Gasteiger partial charge in [-0.25, -0.2) is 9.67 Å². The van der Waals surface area contributed by atoms with Crippen LogP contribution in [0.25, 0.3) is 21.9 Å². The molecule has 0 aliphatic carbocycles. The van der Waals surface area contributed by atoms with E-state index in [0.29, 0.717) is 17.1 Å². The summed E-state index contributed by atoms with van der Waals surface area (Å²) in [7, 11) is 1.58. The fourth-order valence-electron chi connectivity index (χ4n) is 3.10. The van der Waals surface area contributed by atoms with Crippen LogP contribution in [0.5, 0.6) is 5.75 Å².